The van der Waals surface area contributed by atoms with Crippen LogP contribution in [-0.4, -0.2) is 11.1 Å². The van der Waals surface area contributed by atoms with E-state index in [2.05, 4.69) is 11.9 Å². The summed E-state index contributed by atoms with van der Waals surface area (Å²) in [5.41, 5.74) is 12.7. The van der Waals surface area contributed by atoms with Crippen LogP contribution >= 0.6 is 0 Å². The molecule has 1 aromatic rings. The number of nitrogens with two attached hydrogens (primary N) is 2. The van der Waals surface area contributed by atoms with E-state index in [1.165, 1.54) is 6.20 Å². The molecule has 106 valence electrons. The second kappa shape index (κ2) is 7.68. The first kappa shape index (κ1) is 15.4. The minimum atomic E-state index is -0.657. The van der Waals surface area contributed by atoms with Crippen molar-refractivity contribution in [1.82, 2.24) is 5.32 Å². The molecule has 0 spiro atoms. The molecule has 0 aliphatic heterocycles. The SMILES string of the molecule is C=C(/C=C(\C=C/N)CCc1cccc(O)c1)NC(N)=O. The van der Waals surface area contributed by atoms with E-state index in [1.807, 2.05) is 6.07 Å². The first-order valence-electron chi connectivity index (χ1n) is 6.13. The van der Waals surface area contributed by atoms with E-state index in [0.29, 0.717) is 12.1 Å². The monoisotopic (exact) mass is 273 g/mol. The van der Waals surface area contributed by atoms with E-state index in [4.69, 9.17) is 11.5 Å². The number of amides is 2. The topological polar surface area (TPSA) is 101 Å². The minimum Gasteiger partial charge on any atom is -0.508 e. The molecular formula is C15H19N3O2. The summed E-state index contributed by atoms with van der Waals surface area (Å²) < 4.78 is 0. The van der Waals surface area contributed by atoms with Gasteiger partial charge in [0.1, 0.15) is 5.75 Å². The van der Waals surface area contributed by atoms with Gasteiger partial charge >= 0.3 is 6.03 Å². The normalized spacial score (nSPS) is 11.5. The molecule has 0 bridgehead atoms. The highest BCUT2D eigenvalue weighted by Gasteiger charge is 2.00. The van der Waals surface area contributed by atoms with Gasteiger partial charge in [-0.05, 0) is 54.5 Å². The Morgan fingerprint density at radius 1 is 1.45 bits per heavy atom. The van der Waals surface area contributed by atoms with Crippen molar-refractivity contribution < 1.29 is 9.90 Å². The van der Waals surface area contributed by atoms with Gasteiger partial charge in [-0.25, -0.2) is 4.79 Å². The number of primary amides is 1. The fourth-order valence-corrected chi connectivity index (χ4v) is 1.75. The van der Waals surface area contributed by atoms with Crippen LogP contribution in [0.5, 0.6) is 5.75 Å². The third kappa shape index (κ3) is 5.77. The summed E-state index contributed by atoms with van der Waals surface area (Å²) in [5, 5.41) is 11.8. The summed E-state index contributed by atoms with van der Waals surface area (Å²) in [6.07, 6.45) is 6.28. The zero-order chi connectivity index (χ0) is 15.0. The van der Waals surface area contributed by atoms with Gasteiger partial charge in [-0.15, -0.1) is 0 Å². The number of hydrogen-bond donors (Lipinski definition) is 4. The molecule has 0 aromatic heterocycles. The molecule has 5 heteroatoms. The van der Waals surface area contributed by atoms with Gasteiger partial charge in [0.05, 0.1) is 0 Å². The molecule has 0 atom stereocenters. The van der Waals surface area contributed by atoms with Gasteiger partial charge in [0.15, 0.2) is 0 Å². The smallest absolute Gasteiger partial charge is 0.316 e. The molecule has 6 N–H and O–H groups in total. The van der Waals surface area contributed by atoms with Crippen molar-refractivity contribution >= 4 is 6.03 Å². The number of allylic oxidation sites excluding steroid dienone is 3. The maximum Gasteiger partial charge on any atom is 0.316 e. The summed E-state index contributed by atoms with van der Waals surface area (Å²) >= 11 is 0. The molecule has 20 heavy (non-hydrogen) atoms. The van der Waals surface area contributed by atoms with Gasteiger partial charge in [0.25, 0.3) is 0 Å². The van der Waals surface area contributed by atoms with Crippen molar-refractivity contribution in [3.05, 3.63) is 66.0 Å². The molecule has 0 saturated heterocycles. The first-order valence-corrected chi connectivity index (χ1v) is 6.13. The number of urea groups is 1. The second-order valence-electron chi connectivity index (χ2n) is 4.26. The maximum absolute atomic E-state index is 10.7. The van der Waals surface area contributed by atoms with Crippen LogP contribution in [0.3, 0.4) is 0 Å². The standard InChI is InChI=1S/C15H19N3O2/c1-11(18-15(17)20)9-13(7-8-16)6-5-12-3-2-4-14(19)10-12/h2-4,7-10,19H,1,5-6,16H2,(H3,17,18,20)/b8-7-,13-9-. The van der Waals surface area contributed by atoms with Gasteiger partial charge in [-0.3, -0.25) is 0 Å². The number of aromatic hydroxyl groups is 1. The molecular weight excluding hydrogens is 254 g/mol. The van der Waals surface area contributed by atoms with Crippen molar-refractivity contribution in [1.29, 1.82) is 0 Å². The number of hydrogen-bond acceptors (Lipinski definition) is 3. The highest BCUT2D eigenvalue weighted by Crippen LogP contribution is 2.16. The fraction of sp³-hybridized carbons (Fsp3) is 0.133. The largest absolute Gasteiger partial charge is 0.508 e. The van der Waals surface area contributed by atoms with Crippen LogP contribution < -0.4 is 16.8 Å². The van der Waals surface area contributed by atoms with Crippen LogP contribution in [0.15, 0.2) is 60.5 Å². The molecule has 0 radical (unpaired) electrons. The van der Waals surface area contributed by atoms with Crippen LogP contribution in [0.4, 0.5) is 4.79 Å². The first-order chi connectivity index (χ1) is 9.51. The van der Waals surface area contributed by atoms with Gasteiger partial charge < -0.3 is 21.9 Å². The highest BCUT2D eigenvalue weighted by molar-refractivity contribution is 5.74. The zero-order valence-electron chi connectivity index (χ0n) is 11.2. The summed E-state index contributed by atoms with van der Waals surface area (Å²) in [6.45, 7) is 3.68. The van der Waals surface area contributed by atoms with E-state index in [9.17, 15) is 9.90 Å². The molecule has 1 aromatic carbocycles. The minimum absolute atomic E-state index is 0.238. The Morgan fingerprint density at radius 2 is 2.20 bits per heavy atom. The highest BCUT2D eigenvalue weighted by atomic mass is 16.3. The summed E-state index contributed by atoms with van der Waals surface area (Å²) in [4.78, 5) is 10.7. The number of phenols is 1. The molecule has 0 saturated carbocycles. The Bertz CT molecular complexity index is 548. The predicted molar refractivity (Wildman–Crippen MR) is 79.7 cm³/mol. The zero-order valence-corrected chi connectivity index (χ0v) is 11.2. The van der Waals surface area contributed by atoms with Crippen LogP contribution in [0.1, 0.15) is 12.0 Å². The Kier molecular flexibility index (Phi) is 5.90. The number of phenolic OH excluding ortho intramolecular Hbond substituents is 1. The number of aryl methyl sites for hydroxylation is 1. The van der Waals surface area contributed by atoms with E-state index >= 15 is 0 Å². The van der Waals surface area contributed by atoms with E-state index in [1.54, 1.807) is 30.4 Å². The van der Waals surface area contributed by atoms with Gasteiger partial charge in [-0.2, -0.15) is 0 Å². The molecule has 0 heterocycles. The van der Waals surface area contributed by atoms with Gasteiger partial charge in [0, 0.05) is 5.70 Å². The average Bonchev–Trinajstić information content (AvgIpc) is 2.35. The molecule has 0 fully saturated rings. The fourth-order valence-electron chi connectivity index (χ4n) is 1.75. The quantitative estimate of drug-likeness (QED) is 0.595. The van der Waals surface area contributed by atoms with Crippen LogP contribution in [0, 0.1) is 0 Å². The number of carbonyl (C=O) groups is 1. The molecule has 0 unspecified atom stereocenters. The Morgan fingerprint density at radius 3 is 2.80 bits per heavy atom. The lowest BCUT2D eigenvalue weighted by molar-refractivity contribution is 0.251. The van der Waals surface area contributed by atoms with Crippen molar-refractivity contribution in [2.75, 3.05) is 0 Å². The molecule has 5 nitrogen and oxygen atoms in total. The lowest BCUT2D eigenvalue weighted by atomic mass is 10.0. The van der Waals surface area contributed by atoms with Crippen LogP contribution in [0.2, 0.25) is 0 Å². The van der Waals surface area contributed by atoms with Crippen molar-refractivity contribution in [2.24, 2.45) is 11.5 Å². The lowest BCUT2D eigenvalue weighted by Gasteiger charge is -2.06. The summed E-state index contributed by atoms with van der Waals surface area (Å²) in [5.74, 6) is 0.238. The van der Waals surface area contributed by atoms with Gasteiger partial charge in [-0.1, -0.05) is 18.7 Å². The summed E-state index contributed by atoms with van der Waals surface area (Å²) in [7, 11) is 0. The van der Waals surface area contributed by atoms with E-state index in [-0.39, 0.29) is 5.75 Å². The van der Waals surface area contributed by atoms with Crippen molar-refractivity contribution in [3.8, 4) is 5.75 Å². The second-order valence-corrected chi connectivity index (χ2v) is 4.26. The number of nitrogens with one attached hydrogen (secondary N) is 1. The third-order valence-corrected chi connectivity index (χ3v) is 2.57. The van der Waals surface area contributed by atoms with Crippen molar-refractivity contribution in [2.45, 2.75) is 12.8 Å². The lowest BCUT2D eigenvalue weighted by Crippen LogP contribution is -2.27. The Labute approximate surface area is 118 Å². The van der Waals surface area contributed by atoms with Gasteiger partial charge in [0.2, 0.25) is 0 Å². The predicted octanol–water partition coefficient (Wildman–Crippen LogP) is 1.91. The average molecular weight is 273 g/mol. The van der Waals surface area contributed by atoms with E-state index in [0.717, 1.165) is 17.6 Å². The maximum atomic E-state index is 10.7. The van der Waals surface area contributed by atoms with Crippen LogP contribution in [0.25, 0.3) is 0 Å². The molecule has 2 amide bonds. The summed E-state index contributed by atoms with van der Waals surface area (Å²) in [6, 6.07) is 6.40. The molecule has 1 rings (SSSR count). The van der Waals surface area contributed by atoms with Crippen molar-refractivity contribution in [3.63, 3.8) is 0 Å². The molecule has 0 aliphatic carbocycles. The number of rotatable bonds is 6. The number of benzene rings is 1. The third-order valence-electron chi connectivity index (χ3n) is 2.57. The Balaban J connectivity index is 2.70. The molecule has 0 aliphatic rings. The van der Waals surface area contributed by atoms with E-state index < -0.39 is 6.03 Å². The Hall–Kier alpha value is -2.69. The van der Waals surface area contributed by atoms with Crippen LogP contribution in [-0.2, 0) is 6.42 Å². The number of carbonyl (C=O) groups excluding carboxylic acids is 1.